The summed E-state index contributed by atoms with van der Waals surface area (Å²) < 4.78 is 3.50. The molecule has 128 valence electrons. The standard InChI is InChI=1S/C18H19N5O2/c1-13-8-17(24)22(11-19-13)10-18(25)21-7-6-14(9-21)23-12-20-15-4-2-3-5-16(15)23/h2-5,8,11-12,14H,6-7,9-10H2,1H3. The second-order valence-electron chi connectivity index (χ2n) is 6.42. The van der Waals surface area contributed by atoms with Crippen molar-refractivity contribution in [2.75, 3.05) is 13.1 Å². The van der Waals surface area contributed by atoms with Crippen molar-refractivity contribution in [2.45, 2.75) is 25.9 Å². The lowest BCUT2D eigenvalue weighted by Gasteiger charge is -2.18. The number of aromatic nitrogens is 4. The molecule has 1 saturated heterocycles. The van der Waals surface area contributed by atoms with Gasteiger partial charge in [0.15, 0.2) is 0 Å². The van der Waals surface area contributed by atoms with Crippen LogP contribution < -0.4 is 5.56 Å². The lowest BCUT2D eigenvalue weighted by molar-refractivity contribution is -0.130. The molecule has 0 radical (unpaired) electrons. The summed E-state index contributed by atoms with van der Waals surface area (Å²) in [7, 11) is 0. The van der Waals surface area contributed by atoms with Gasteiger partial charge in [-0.2, -0.15) is 0 Å². The number of fused-ring (bicyclic) bond motifs is 1. The van der Waals surface area contributed by atoms with Gasteiger partial charge in [-0.15, -0.1) is 0 Å². The Kier molecular flexibility index (Phi) is 3.83. The molecule has 0 aliphatic carbocycles. The van der Waals surface area contributed by atoms with Crippen molar-refractivity contribution in [1.29, 1.82) is 0 Å². The zero-order chi connectivity index (χ0) is 17.4. The Morgan fingerprint density at radius 3 is 2.92 bits per heavy atom. The van der Waals surface area contributed by atoms with Gasteiger partial charge in [0.25, 0.3) is 5.56 Å². The molecule has 1 aliphatic heterocycles. The highest BCUT2D eigenvalue weighted by Crippen LogP contribution is 2.25. The molecule has 3 heterocycles. The lowest BCUT2D eigenvalue weighted by atomic mass is 10.2. The predicted molar refractivity (Wildman–Crippen MR) is 93.2 cm³/mol. The highest BCUT2D eigenvalue weighted by atomic mass is 16.2. The fourth-order valence-electron chi connectivity index (χ4n) is 3.35. The third-order valence-corrected chi connectivity index (χ3v) is 4.71. The van der Waals surface area contributed by atoms with E-state index in [1.54, 1.807) is 6.92 Å². The Morgan fingerprint density at radius 2 is 2.08 bits per heavy atom. The van der Waals surface area contributed by atoms with Gasteiger partial charge in [-0.3, -0.25) is 14.2 Å². The SMILES string of the molecule is Cc1cc(=O)n(CC(=O)N2CCC(n3cnc4ccccc43)C2)cn1. The number of amides is 1. The number of likely N-dealkylation sites (tertiary alicyclic amines) is 1. The maximum atomic E-state index is 12.5. The molecule has 0 bridgehead atoms. The van der Waals surface area contributed by atoms with Gasteiger partial charge in [0.05, 0.1) is 29.7 Å². The Labute approximate surface area is 144 Å². The second-order valence-corrected chi connectivity index (χ2v) is 6.42. The smallest absolute Gasteiger partial charge is 0.253 e. The van der Waals surface area contributed by atoms with Crippen molar-refractivity contribution in [3.05, 3.63) is 59.0 Å². The van der Waals surface area contributed by atoms with E-state index in [1.807, 2.05) is 35.5 Å². The molecule has 1 amide bonds. The molecule has 1 unspecified atom stereocenters. The van der Waals surface area contributed by atoms with Crippen molar-refractivity contribution in [2.24, 2.45) is 0 Å². The molecule has 0 spiro atoms. The molecule has 7 heteroatoms. The number of hydrogen-bond acceptors (Lipinski definition) is 4. The molecule has 1 fully saturated rings. The maximum Gasteiger partial charge on any atom is 0.253 e. The number of aryl methyl sites for hydroxylation is 1. The number of rotatable bonds is 3. The first-order valence-electron chi connectivity index (χ1n) is 8.34. The molecule has 1 atom stereocenters. The Morgan fingerprint density at radius 1 is 1.24 bits per heavy atom. The maximum absolute atomic E-state index is 12.5. The summed E-state index contributed by atoms with van der Waals surface area (Å²) in [6, 6.07) is 9.65. The van der Waals surface area contributed by atoms with E-state index in [2.05, 4.69) is 14.5 Å². The fourth-order valence-corrected chi connectivity index (χ4v) is 3.35. The van der Waals surface area contributed by atoms with Gasteiger partial charge in [-0.25, -0.2) is 9.97 Å². The van der Waals surface area contributed by atoms with Gasteiger partial charge in [0.1, 0.15) is 6.54 Å². The number of imidazole rings is 1. The van der Waals surface area contributed by atoms with Crippen LogP contribution in [0.3, 0.4) is 0 Å². The Balaban J connectivity index is 1.48. The third-order valence-electron chi connectivity index (χ3n) is 4.71. The number of carbonyl (C=O) groups excluding carboxylic acids is 1. The van der Waals surface area contributed by atoms with E-state index in [0.717, 1.165) is 17.5 Å². The van der Waals surface area contributed by atoms with Gasteiger partial charge < -0.3 is 9.47 Å². The number of para-hydroxylation sites is 2. The van der Waals surface area contributed by atoms with Crippen LogP contribution in [-0.2, 0) is 11.3 Å². The van der Waals surface area contributed by atoms with Crippen LogP contribution in [0.5, 0.6) is 0 Å². The van der Waals surface area contributed by atoms with E-state index in [1.165, 1.54) is 17.0 Å². The number of hydrogen-bond donors (Lipinski definition) is 0. The molecule has 7 nitrogen and oxygen atoms in total. The van der Waals surface area contributed by atoms with Crippen molar-refractivity contribution in [3.8, 4) is 0 Å². The van der Waals surface area contributed by atoms with Gasteiger partial charge in [-0.1, -0.05) is 12.1 Å². The van der Waals surface area contributed by atoms with Crippen molar-refractivity contribution < 1.29 is 4.79 Å². The van der Waals surface area contributed by atoms with Gasteiger partial charge in [-0.05, 0) is 25.5 Å². The molecule has 0 N–H and O–H groups in total. The Hall–Kier alpha value is -2.96. The lowest BCUT2D eigenvalue weighted by Crippen LogP contribution is -2.35. The van der Waals surface area contributed by atoms with E-state index in [0.29, 0.717) is 18.8 Å². The zero-order valence-electron chi connectivity index (χ0n) is 14.0. The van der Waals surface area contributed by atoms with Crippen LogP contribution in [0.4, 0.5) is 0 Å². The molecule has 0 saturated carbocycles. The van der Waals surface area contributed by atoms with Gasteiger partial charge >= 0.3 is 0 Å². The first-order valence-corrected chi connectivity index (χ1v) is 8.34. The molecule has 2 aromatic heterocycles. The van der Waals surface area contributed by atoms with Crippen LogP contribution in [0.2, 0.25) is 0 Å². The molecular weight excluding hydrogens is 318 g/mol. The second kappa shape index (κ2) is 6.16. The summed E-state index contributed by atoms with van der Waals surface area (Å²) >= 11 is 0. The van der Waals surface area contributed by atoms with Crippen LogP contribution in [0.15, 0.2) is 47.8 Å². The highest BCUT2D eigenvalue weighted by Gasteiger charge is 2.28. The molecule has 1 aliphatic rings. The number of benzene rings is 1. The number of nitrogens with zero attached hydrogens (tertiary/aromatic N) is 5. The summed E-state index contributed by atoms with van der Waals surface area (Å²) in [4.78, 5) is 34.8. The van der Waals surface area contributed by atoms with E-state index in [4.69, 9.17) is 0 Å². The van der Waals surface area contributed by atoms with E-state index >= 15 is 0 Å². The van der Waals surface area contributed by atoms with Crippen LogP contribution in [0, 0.1) is 6.92 Å². The molecule has 4 rings (SSSR count). The van der Waals surface area contributed by atoms with Gasteiger partial charge in [0, 0.05) is 24.8 Å². The quantitative estimate of drug-likeness (QED) is 0.724. The minimum atomic E-state index is -0.197. The summed E-state index contributed by atoms with van der Waals surface area (Å²) in [5.41, 5.74) is 2.50. The predicted octanol–water partition coefficient (Wildman–Crippen LogP) is 1.38. The summed E-state index contributed by atoms with van der Waals surface area (Å²) in [6.45, 7) is 3.11. The number of carbonyl (C=O) groups is 1. The fraction of sp³-hybridized carbons (Fsp3) is 0.333. The van der Waals surface area contributed by atoms with E-state index < -0.39 is 0 Å². The van der Waals surface area contributed by atoms with Crippen molar-refractivity contribution in [1.82, 2.24) is 24.0 Å². The average molecular weight is 337 g/mol. The minimum absolute atomic E-state index is 0.0313. The normalized spacial score (nSPS) is 17.3. The molecule has 1 aromatic carbocycles. The monoisotopic (exact) mass is 337 g/mol. The Bertz CT molecular complexity index is 990. The molecule has 3 aromatic rings. The minimum Gasteiger partial charge on any atom is -0.339 e. The largest absolute Gasteiger partial charge is 0.339 e. The van der Waals surface area contributed by atoms with Crippen LogP contribution >= 0.6 is 0 Å². The molecular formula is C18H19N5O2. The summed E-state index contributed by atoms with van der Waals surface area (Å²) in [5.74, 6) is -0.0559. The van der Waals surface area contributed by atoms with Crippen molar-refractivity contribution >= 4 is 16.9 Å². The van der Waals surface area contributed by atoms with Gasteiger partial charge in [0.2, 0.25) is 5.91 Å². The summed E-state index contributed by atoms with van der Waals surface area (Å²) in [5, 5.41) is 0. The van der Waals surface area contributed by atoms with Crippen LogP contribution in [-0.4, -0.2) is 43.0 Å². The molecule has 25 heavy (non-hydrogen) atoms. The summed E-state index contributed by atoms with van der Waals surface area (Å²) in [6.07, 6.45) is 4.16. The van der Waals surface area contributed by atoms with E-state index in [-0.39, 0.29) is 24.1 Å². The van der Waals surface area contributed by atoms with E-state index in [9.17, 15) is 9.59 Å². The van der Waals surface area contributed by atoms with Crippen molar-refractivity contribution in [3.63, 3.8) is 0 Å². The third kappa shape index (κ3) is 2.93. The average Bonchev–Trinajstić information content (AvgIpc) is 3.23. The first-order chi connectivity index (χ1) is 12.1. The zero-order valence-corrected chi connectivity index (χ0v) is 14.0. The van der Waals surface area contributed by atoms with Crippen LogP contribution in [0.1, 0.15) is 18.2 Å². The van der Waals surface area contributed by atoms with Crippen LogP contribution in [0.25, 0.3) is 11.0 Å². The first kappa shape index (κ1) is 15.6. The highest BCUT2D eigenvalue weighted by molar-refractivity contribution is 5.77. The topological polar surface area (TPSA) is 73.0 Å².